The number of benzene rings is 1. The number of nitrogens with two attached hydrogens (primary N) is 2. The fraction of sp³-hybridized carbons (Fsp3) is 0.571. The van der Waals surface area contributed by atoms with Crippen molar-refractivity contribution in [1.29, 1.82) is 0 Å². The Bertz CT molecular complexity index is 564. The van der Waals surface area contributed by atoms with Gasteiger partial charge in [0.25, 0.3) is 0 Å². The fourth-order valence-corrected chi connectivity index (χ4v) is 3.22. The number of hydrogen-bond acceptors (Lipinski definition) is 4. The predicted molar refractivity (Wildman–Crippen MR) is 81.8 cm³/mol. The molecule has 0 spiro atoms. The summed E-state index contributed by atoms with van der Waals surface area (Å²) in [7, 11) is -3.69. The molecule has 1 aromatic carbocycles. The molecule has 0 amide bonds. The van der Waals surface area contributed by atoms with Gasteiger partial charge in [-0.1, -0.05) is 19.8 Å². The molecule has 5 N–H and O–H groups in total. The van der Waals surface area contributed by atoms with Crippen molar-refractivity contribution in [2.45, 2.75) is 37.5 Å². The van der Waals surface area contributed by atoms with Crippen molar-refractivity contribution in [3.8, 4) is 0 Å². The number of rotatable bonds is 4. The van der Waals surface area contributed by atoms with Crippen LogP contribution in [0.2, 0.25) is 0 Å². The Labute approximate surface area is 120 Å². The van der Waals surface area contributed by atoms with Crippen molar-refractivity contribution in [2.75, 3.05) is 17.6 Å². The molecule has 1 aromatic rings. The van der Waals surface area contributed by atoms with Gasteiger partial charge in [-0.2, -0.15) is 0 Å². The zero-order valence-corrected chi connectivity index (χ0v) is 12.6. The van der Waals surface area contributed by atoms with Crippen LogP contribution in [0.4, 0.5) is 11.4 Å². The van der Waals surface area contributed by atoms with E-state index in [9.17, 15) is 8.42 Å². The maximum Gasteiger partial charge on any atom is 0.238 e. The summed E-state index contributed by atoms with van der Waals surface area (Å²) in [5.41, 5.74) is 7.06. The minimum Gasteiger partial charge on any atom is -0.397 e. The highest BCUT2D eigenvalue weighted by molar-refractivity contribution is 7.89. The summed E-state index contributed by atoms with van der Waals surface area (Å²) in [6.07, 6.45) is 5.05. The Morgan fingerprint density at radius 1 is 1.25 bits per heavy atom. The first kappa shape index (κ1) is 15.1. The van der Waals surface area contributed by atoms with Gasteiger partial charge in [-0.05, 0) is 42.9 Å². The molecule has 0 aromatic heterocycles. The van der Waals surface area contributed by atoms with E-state index in [2.05, 4.69) is 12.2 Å². The zero-order chi connectivity index (χ0) is 14.8. The number of nitrogens with one attached hydrogen (secondary N) is 1. The highest BCUT2D eigenvalue weighted by atomic mass is 32.2. The van der Waals surface area contributed by atoms with Gasteiger partial charge in [0.05, 0.1) is 16.3 Å². The summed E-state index contributed by atoms with van der Waals surface area (Å²) in [5, 5.41) is 8.39. The maximum absolute atomic E-state index is 11.2. The maximum atomic E-state index is 11.2. The Hall–Kier alpha value is -1.27. The summed E-state index contributed by atoms with van der Waals surface area (Å²) < 4.78 is 22.5. The third kappa shape index (κ3) is 3.86. The van der Waals surface area contributed by atoms with E-state index in [-0.39, 0.29) is 4.90 Å². The Kier molecular flexibility index (Phi) is 4.55. The molecule has 5 nitrogen and oxygen atoms in total. The third-order valence-electron chi connectivity index (χ3n) is 4.07. The molecule has 0 saturated heterocycles. The summed E-state index contributed by atoms with van der Waals surface area (Å²) in [5.74, 6) is 1.51. The van der Waals surface area contributed by atoms with E-state index in [1.807, 2.05) is 0 Å². The van der Waals surface area contributed by atoms with Gasteiger partial charge in [-0.3, -0.25) is 0 Å². The summed E-state index contributed by atoms with van der Waals surface area (Å²) in [4.78, 5) is 0.0482. The molecule has 1 aliphatic carbocycles. The summed E-state index contributed by atoms with van der Waals surface area (Å²) >= 11 is 0. The fourth-order valence-electron chi connectivity index (χ4n) is 2.67. The standard InChI is InChI=1S/C14H23N3O2S/c1-10-2-4-11(5-3-10)9-17-14-7-6-12(8-13(14)15)20(16,18)19/h6-8,10-11,17H,2-5,9,15H2,1H3,(H2,16,18,19). The molecule has 0 unspecified atom stereocenters. The molecular weight excluding hydrogens is 274 g/mol. The van der Waals surface area contributed by atoms with E-state index in [4.69, 9.17) is 10.9 Å². The average molecular weight is 297 g/mol. The van der Waals surface area contributed by atoms with Gasteiger partial charge >= 0.3 is 0 Å². The first-order chi connectivity index (χ1) is 9.36. The normalized spacial score (nSPS) is 23.5. The lowest BCUT2D eigenvalue weighted by atomic mass is 9.83. The van der Waals surface area contributed by atoms with Crippen LogP contribution in [0.5, 0.6) is 0 Å². The minimum absolute atomic E-state index is 0.0482. The molecule has 2 rings (SSSR count). The van der Waals surface area contributed by atoms with Gasteiger partial charge in [0.15, 0.2) is 0 Å². The zero-order valence-electron chi connectivity index (χ0n) is 11.8. The van der Waals surface area contributed by atoms with E-state index >= 15 is 0 Å². The third-order valence-corrected chi connectivity index (χ3v) is 4.98. The molecule has 0 radical (unpaired) electrons. The van der Waals surface area contributed by atoms with Crippen molar-refractivity contribution < 1.29 is 8.42 Å². The van der Waals surface area contributed by atoms with Crippen molar-refractivity contribution in [3.05, 3.63) is 18.2 Å². The lowest BCUT2D eigenvalue weighted by Gasteiger charge is -2.26. The van der Waals surface area contributed by atoms with Crippen LogP contribution in [0.1, 0.15) is 32.6 Å². The summed E-state index contributed by atoms with van der Waals surface area (Å²) in [6, 6.07) is 4.57. The number of primary sulfonamides is 1. The number of anilines is 2. The van der Waals surface area contributed by atoms with Crippen molar-refractivity contribution in [3.63, 3.8) is 0 Å². The quantitative estimate of drug-likeness (QED) is 0.742. The second-order valence-corrected chi connectivity index (χ2v) is 7.36. The highest BCUT2D eigenvalue weighted by Gasteiger charge is 2.18. The molecule has 1 fully saturated rings. The Morgan fingerprint density at radius 3 is 2.45 bits per heavy atom. The van der Waals surface area contributed by atoms with Crippen LogP contribution in [0.15, 0.2) is 23.1 Å². The van der Waals surface area contributed by atoms with Crippen molar-refractivity contribution in [2.24, 2.45) is 17.0 Å². The van der Waals surface area contributed by atoms with Gasteiger partial charge < -0.3 is 11.1 Å². The van der Waals surface area contributed by atoms with Crippen LogP contribution in [-0.4, -0.2) is 15.0 Å². The molecule has 1 saturated carbocycles. The van der Waals surface area contributed by atoms with Crippen LogP contribution < -0.4 is 16.2 Å². The van der Waals surface area contributed by atoms with E-state index in [1.54, 1.807) is 6.07 Å². The number of hydrogen-bond donors (Lipinski definition) is 3. The Balaban J connectivity index is 1.97. The minimum atomic E-state index is -3.69. The predicted octanol–water partition coefficient (Wildman–Crippen LogP) is 2.15. The average Bonchev–Trinajstić information content (AvgIpc) is 2.38. The molecule has 0 aliphatic heterocycles. The van der Waals surface area contributed by atoms with Crippen LogP contribution >= 0.6 is 0 Å². The smallest absolute Gasteiger partial charge is 0.238 e. The van der Waals surface area contributed by atoms with Crippen LogP contribution in [-0.2, 0) is 10.0 Å². The van der Waals surface area contributed by atoms with Crippen molar-refractivity contribution in [1.82, 2.24) is 0 Å². The lowest BCUT2D eigenvalue weighted by Crippen LogP contribution is -2.20. The van der Waals surface area contributed by atoms with Gasteiger partial charge in [0, 0.05) is 6.54 Å². The second kappa shape index (κ2) is 6.01. The van der Waals surface area contributed by atoms with Crippen LogP contribution in [0.3, 0.4) is 0 Å². The SMILES string of the molecule is CC1CCC(CNc2ccc(S(N)(=O)=O)cc2N)CC1. The molecule has 112 valence electrons. The van der Waals surface area contributed by atoms with Crippen LogP contribution in [0.25, 0.3) is 0 Å². The molecule has 0 atom stereocenters. The van der Waals surface area contributed by atoms with Gasteiger partial charge in [0.1, 0.15) is 0 Å². The topological polar surface area (TPSA) is 98.2 Å². The molecular formula is C14H23N3O2S. The molecule has 20 heavy (non-hydrogen) atoms. The lowest BCUT2D eigenvalue weighted by molar-refractivity contribution is 0.300. The molecule has 0 heterocycles. The van der Waals surface area contributed by atoms with Crippen LogP contribution in [0, 0.1) is 11.8 Å². The highest BCUT2D eigenvalue weighted by Crippen LogP contribution is 2.29. The van der Waals surface area contributed by atoms with E-state index < -0.39 is 10.0 Å². The van der Waals surface area contributed by atoms with E-state index in [1.165, 1.54) is 37.8 Å². The second-order valence-electron chi connectivity index (χ2n) is 5.80. The van der Waals surface area contributed by atoms with E-state index in [0.717, 1.165) is 18.2 Å². The Morgan fingerprint density at radius 2 is 1.90 bits per heavy atom. The molecule has 0 bridgehead atoms. The first-order valence-corrected chi connectivity index (χ1v) is 8.57. The number of sulfonamides is 1. The summed E-state index contributed by atoms with van der Waals surface area (Å²) in [6.45, 7) is 3.18. The number of nitrogen functional groups attached to an aromatic ring is 1. The van der Waals surface area contributed by atoms with Gasteiger partial charge in [0.2, 0.25) is 10.0 Å². The van der Waals surface area contributed by atoms with E-state index in [0.29, 0.717) is 11.6 Å². The molecule has 6 heteroatoms. The van der Waals surface area contributed by atoms with Crippen molar-refractivity contribution >= 4 is 21.4 Å². The largest absolute Gasteiger partial charge is 0.397 e. The molecule has 1 aliphatic rings. The van der Waals surface area contributed by atoms with Gasteiger partial charge in [-0.15, -0.1) is 0 Å². The monoisotopic (exact) mass is 297 g/mol. The van der Waals surface area contributed by atoms with Gasteiger partial charge in [-0.25, -0.2) is 13.6 Å². The first-order valence-electron chi connectivity index (χ1n) is 7.02.